The summed E-state index contributed by atoms with van der Waals surface area (Å²) in [5, 5.41) is 11.5. The Balaban J connectivity index is 2.79. The van der Waals surface area contributed by atoms with Crippen molar-refractivity contribution in [3.05, 3.63) is 18.3 Å². The zero-order chi connectivity index (χ0) is 14.1. The fourth-order valence-electron chi connectivity index (χ4n) is 1.66. The van der Waals surface area contributed by atoms with Gasteiger partial charge in [-0.3, -0.25) is 0 Å². The van der Waals surface area contributed by atoms with Gasteiger partial charge in [0.25, 0.3) is 0 Å². The van der Waals surface area contributed by atoms with E-state index in [0.717, 1.165) is 24.5 Å². The molecular formula is C13H22N4O2. The topological polar surface area (TPSA) is 84.0 Å². The van der Waals surface area contributed by atoms with Gasteiger partial charge in [-0.05, 0) is 25.5 Å². The van der Waals surface area contributed by atoms with Crippen LogP contribution >= 0.6 is 0 Å². The Labute approximate surface area is 113 Å². The van der Waals surface area contributed by atoms with Crippen molar-refractivity contribution in [3.8, 4) is 5.75 Å². The molecule has 1 heterocycles. The fourth-order valence-corrected chi connectivity index (χ4v) is 1.66. The van der Waals surface area contributed by atoms with E-state index in [1.54, 1.807) is 6.20 Å². The van der Waals surface area contributed by atoms with E-state index in [0.29, 0.717) is 19.6 Å². The van der Waals surface area contributed by atoms with Gasteiger partial charge in [0.2, 0.25) is 0 Å². The lowest BCUT2D eigenvalue weighted by Crippen LogP contribution is -2.29. The first-order valence-electron chi connectivity index (χ1n) is 6.52. The van der Waals surface area contributed by atoms with Crippen LogP contribution in [0.2, 0.25) is 0 Å². The quantitative estimate of drug-likeness (QED) is 0.324. The first-order valence-corrected chi connectivity index (χ1v) is 6.52. The van der Waals surface area contributed by atoms with E-state index < -0.39 is 0 Å². The standard InChI is InChI=1S/C13H22N4O2/c1-3-10-19-11-6-5-8-15-13(11)17(4-2)9-7-12(14)16-18/h5-6,8,18H,3-4,7,9-10H2,1-2H3,(H2,14,16). The molecule has 0 unspecified atom stereocenters. The van der Waals surface area contributed by atoms with E-state index in [-0.39, 0.29) is 5.84 Å². The monoisotopic (exact) mass is 266 g/mol. The lowest BCUT2D eigenvalue weighted by Gasteiger charge is -2.23. The van der Waals surface area contributed by atoms with Gasteiger partial charge in [0.15, 0.2) is 11.6 Å². The molecule has 106 valence electrons. The normalized spacial score (nSPS) is 11.4. The largest absolute Gasteiger partial charge is 0.490 e. The minimum absolute atomic E-state index is 0.213. The van der Waals surface area contributed by atoms with Gasteiger partial charge in [-0.25, -0.2) is 4.98 Å². The van der Waals surface area contributed by atoms with Crippen molar-refractivity contribution in [2.75, 3.05) is 24.6 Å². The summed E-state index contributed by atoms with van der Waals surface area (Å²) in [6, 6.07) is 3.76. The highest BCUT2D eigenvalue weighted by Gasteiger charge is 2.12. The summed E-state index contributed by atoms with van der Waals surface area (Å²) in [5.41, 5.74) is 5.49. The number of anilines is 1. The molecule has 0 amide bonds. The van der Waals surface area contributed by atoms with Crippen LogP contribution in [0, 0.1) is 0 Å². The molecule has 6 heteroatoms. The molecule has 0 bridgehead atoms. The van der Waals surface area contributed by atoms with Gasteiger partial charge in [-0.2, -0.15) is 0 Å². The predicted octanol–water partition coefficient (Wildman–Crippen LogP) is 1.83. The summed E-state index contributed by atoms with van der Waals surface area (Å²) < 4.78 is 5.69. The molecule has 1 aromatic heterocycles. The molecule has 0 aliphatic carbocycles. The maximum atomic E-state index is 8.57. The second-order valence-corrected chi connectivity index (χ2v) is 4.09. The Morgan fingerprint density at radius 3 is 2.95 bits per heavy atom. The maximum Gasteiger partial charge on any atom is 0.171 e. The highest BCUT2D eigenvalue weighted by molar-refractivity contribution is 5.80. The first-order chi connectivity index (χ1) is 9.22. The number of nitrogens with two attached hydrogens (primary N) is 1. The third kappa shape index (κ3) is 4.65. The van der Waals surface area contributed by atoms with Crippen LogP contribution in [-0.4, -0.2) is 35.7 Å². The van der Waals surface area contributed by atoms with Crippen molar-refractivity contribution in [2.24, 2.45) is 10.9 Å². The van der Waals surface area contributed by atoms with Crippen molar-refractivity contribution in [1.29, 1.82) is 0 Å². The number of rotatable bonds is 8. The van der Waals surface area contributed by atoms with Crippen LogP contribution in [0.15, 0.2) is 23.5 Å². The number of amidine groups is 1. The van der Waals surface area contributed by atoms with E-state index in [1.807, 2.05) is 24.0 Å². The summed E-state index contributed by atoms with van der Waals surface area (Å²) >= 11 is 0. The minimum Gasteiger partial charge on any atom is -0.490 e. The van der Waals surface area contributed by atoms with Crippen LogP contribution in [-0.2, 0) is 0 Å². The van der Waals surface area contributed by atoms with Gasteiger partial charge in [0, 0.05) is 25.7 Å². The summed E-state index contributed by atoms with van der Waals surface area (Å²) in [4.78, 5) is 6.41. The van der Waals surface area contributed by atoms with Crippen molar-refractivity contribution in [3.63, 3.8) is 0 Å². The molecule has 0 aromatic carbocycles. The fraction of sp³-hybridized carbons (Fsp3) is 0.538. The van der Waals surface area contributed by atoms with Gasteiger partial charge < -0.3 is 20.6 Å². The maximum absolute atomic E-state index is 8.57. The Morgan fingerprint density at radius 1 is 1.53 bits per heavy atom. The Morgan fingerprint density at radius 2 is 2.32 bits per heavy atom. The molecule has 0 radical (unpaired) electrons. The highest BCUT2D eigenvalue weighted by atomic mass is 16.5. The molecule has 19 heavy (non-hydrogen) atoms. The van der Waals surface area contributed by atoms with Gasteiger partial charge in [-0.1, -0.05) is 12.1 Å². The Kier molecular flexibility index (Phi) is 6.49. The predicted molar refractivity (Wildman–Crippen MR) is 75.9 cm³/mol. The van der Waals surface area contributed by atoms with Gasteiger partial charge in [0.1, 0.15) is 5.84 Å². The molecular weight excluding hydrogens is 244 g/mol. The lowest BCUT2D eigenvalue weighted by molar-refractivity contribution is 0.315. The molecule has 0 saturated heterocycles. The number of aromatic nitrogens is 1. The lowest BCUT2D eigenvalue weighted by atomic mass is 10.3. The molecule has 0 spiro atoms. The molecule has 0 aliphatic rings. The average Bonchev–Trinajstić information content (AvgIpc) is 2.46. The van der Waals surface area contributed by atoms with Crippen LogP contribution in [0.3, 0.4) is 0 Å². The number of nitrogens with zero attached hydrogens (tertiary/aromatic N) is 3. The van der Waals surface area contributed by atoms with Crippen LogP contribution in [0.1, 0.15) is 26.7 Å². The summed E-state index contributed by atoms with van der Waals surface area (Å²) in [6.07, 6.45) is 3.17. The van der Waals surface area contributed by atoms with Crippen LogP contribution < -0.4 is 15.4 Å². The van der Waals surface area contributed by atoms with Crippen LogP contribution in [0.25, 0.3) is 0 Å². The van der Waals surface area contributed by atoms with E-state index in [1.165, 1.54) is 0 Å². The first kappa shape index (κ1) is 15.1. The molecule has 0 aliphatic heterocycles. The smallest absolute Gasteiger partial charge is 0.171 e. The zero-order valence-electron chi connectivity index (χ0n) is 11.5. The number of oxime groups is 1. The van der Waals surface area contributed by atoms with E-state index in [4.69, 9.17) is 15.7 Å². The van der Waals surface area contributed by atoms with Gasteiger partial charge in [-0.15, -0.1) is 0 Å². The summed E-state index contributed by atoms with van der Waals surface area (Å²) in [5.74, 6) is 1.78. The minimum atomic E-state index is 0.213. The van der Waals surface area contributed by atoms with Crippen molar-refractivity contribution < 1.29 is 9.94 Å². The Hall–Kier alpha value is -1.98. The number of hydrogen-bond acceptors (Lipinski definition) is 5. The van der Waals surface area contributed by atoms with Crippen molar-refractivity contribution in [1.82, 2.24) is 4.98 Å². The van der Waals surface area contributed by atoms with Crippen LogP contribution in [0.5, 0.6) is 5.75 Å². The van der Waals surface area contributed by atoms with Crippen molar-refractivity contribution in [2.45, 2.75) is 26.7 Å². The molecule has 0 atom stereocenters. The number of pyridine rings is 1. The third-order valence-corrected chi connectivity index (χ3v) is 2.66. The van der Waals surface area contributed by atoms with E-state index in [9.17, 15) is 0 Å². The molecule has 3 N–H and O–H groups in total. The summed E-state index contributed by atoms with van der Waals surface area (Å²) in [6.45, 7) is 6.16. The Bertz CT molecular complexity index is 409. The molecule has 6 nitrogen and oxygen atoms in total. The molecule has 1 aromatic rings. The van der Waals surface area contributed by atoms with E-state index in [2.05, 4.69) is 17.1 Å². The summed E-state index contributed by atoms with van der Waals surface area (Å²) in [7, 11) is 0. The molecule has 0 saturated carbocycles. The highest BCUT2D eigenvalue weighted by Crippen LogP contribution is 2.25. The zero-order valence-corrected chi connectivity index (χ0v) is 11.5. The SMILES string of the molecule is CCCOc1cccnc1N(CC)CC/C(N)=N/O. The third-order valence-electron chi connectivity index (χ3n) is 2.66. The van der Waals surface area contributed by atoms with Crippen LogP contribution in [0.4, 0.5) is 5.82 Å². The number of ether oxygens (including phenoxy) is 1. The van der Waals surface area contributed by atoms with Gasteiger partial charge in [0.05, 0.1) is 6.61 Å². The van der Waals surface area contributed by atoms with Crippen molar-refractivity contribution >= 4 is 11.7 Å². The van der Waals surface area contributed by atoms with E-state index >= 15 is 0 Å². The molecule has 1 rings (SSSR count). The second kappa shape index (κ2) is 8.18. The van der Waals surface area contributed by atoms with Gasteiger partial charge >= 0.3 is 0 Å². The second-order valence-electron chi connectivity index (χ2n) is 4.09. The molecule has 0 fully saturated rings. The average molecular weight is 266 g/mol. The number of hydrogen-bond donors (Lipinski definition) is 2.